The lowest BCUT2D eigenvalue weighted by atomic mass is 9.96. The van der Waals surface area contributed by atoms with Gasteiger partial charge in [-0.3, -0.25) is 4.79 Å². The van der Waals surface area contributed by atoms with E-state index in [2.05, 4.69) is 15.5 Å². The number of nitrogens with one attached hydrogen (secondary N) is 1. The van der Waals surface area contributed by atoms with E-state index in [0.29, 0.717) is 11.7 Å². The van der Waals surface area contributed by atoms with Gasteiger partial charge in [-0.05, 0) is 30.5 Å². The minimum atomic E-state index is -0.533. The predicted molar refractivity (Wildman–Crippen MR) is 77.4 cm³/mol. The molecule has 116 valence electrons. The number of carbonyl (C=O) groups excluding carboxylic acids is 1. The molecule has 5 nitrogen and oxygen atoms in total. The molecular weight excluding hydrogens is 285 g/mol. The average Bonchev–Trinajstić information content (AvgIpc) is 3.11. The highest BCUT2D eigenvalue weighted by Gasteiger charge is 2.41. The summed E-state index contributed by atoms with van der Waals surface area (Å²) < 4.78 is 18.0. The number of nitrogens with zero attached hydrogens (tertiary/aromatic N) is 2. The van der Waals surface area contributed by atoms with Gasteiger partial charge >= 0.3 is 0 Å². The first-order valence-electron chi connectivity index (χ1n) is 7.44. The Labute approximate surface area is 127 Å². The maximum atomic E-state index is 12.9. The number of benzene rings is 1. The summed E-state index contributed by atoms with van der Waals surface area (Å²) in [5, 5.41) is 7.06. The van der Waals surface area contributed by atoms with Crippen LogP contribution in [0.3, 0.4) is 0 Å². The molecule has 1 fully saturated rings. The summed E-state index contributed by atoms with van der Waals surface area (Å²) in [4.78, 5) is 16.6. The molecule has 0 saturated heterocycles. The van der Waals surface area contributed by atoms with Crippen molar-refractivity contribution >= 4 is 5.91 Å². The quantitative estimate of drug-likeness (QED) is 0.943. The summed E-state index contributed by atoms with van der Waals surface area (Å²) in [7, 11) is 0. The molecule has 1 aliphatic carbocycles. The van der Waals surface area contributed by atoms with Crippen LogP contribution in [0.15, 0.2) is 28.8 Å². The van der Waals surface area contributed by atoms with Crippen LogP contribution in [0.2, 0.25) is 0 Å². The number of hydrogen-bond acceptors (Lipinski definition) is 4. The van der Waals surface area contributed by atoms with Gasteiger partial charge in [0, 0.05) is 6.92 Å². The third-order valence-electron chi connectivity index (χ3n) is 4.07. The molecule has 1 saturated carbocycles. The lowest BCUT2D eigenvalue weighted by molar-refractivity contribution is -0.122. The number of carbonyl (C=O) groups is 1. The monoisotopic (exact) mass is 303 g/mol. The second kappa shape index (κ2) is 5.87. The van der Waals surface area contributed by atoms with Crippen LogP contribution in [0.1, 0.15) is 43.0 Å². The van der Waals surface area contributed by atoms with E-state index in [1.165, 1.54) is 12.1 Å². The summed E-state index contributed by atoms with van der Waals surface area (Å²) in [5.74, 6) is 0.624. The van der Waals surface area contributed by atoms with Crippen LogP contribution in [0, 0.1) is 12.7 Å². The molecule has 1 N–H and O–H groups in total. The molecule has 1 amide bonds. The molecule has 3 rings (SSSR count). The first-order chi connectivity index (χ1) is 10.6. The van der Waals surface area contributed by atoms with Crippen LogP contribution in [0.4, 0.5) is 4.39 Å². The molecule has 22 heavy (non-hydrogen) atoms. The minimum absolute atomic E-state index is 0.115. The average molecular weight is 303 g/mol. The van der Waals surface area contributed by atoms with Crippen molar-refractivity contribution in [2.24, 2.45) is 0 Å². The fourth-order valence-corrected chi connectivity index (χ4v) is 2.98. The Morgan fingerprint density at radius 1 is 1.32 bits per heavy atom. The van der Waals surface area contributed by atoms with Crippen molar-refractivity contribution in [2.45, 2.75) is 44.6 Å². The Morgan fingerprint density at radius 3 is 2.59 bits per heavy atom. The fraction of sp³-hybridized carbons (Fsp3) is 0.438. The molecule has 0 radical (unpaired) electrons. The zero-order chi connectivity index (χ0) is 15.6. The van der Waals surface area contributed by atoms with E-state index in [0.717, 1.165) is 31.2 Å². The zero-order valence-corrected chi connectivity index (χ0v) is 12.4. The number of aryl methyl sites for hydroxylation is 1. The third-order valence-corrected chi connectivity index (χ3v) is 4.07. The lowest BCUT2D eigenvalue weighted by Crippen LogP contribution is -2.45. The van der Waals surface area contributed by atoms with Crippen LogP contribution < -0.4 is 5.32 Å². The fourth-order valence-electron chi connectivity index (χ4n) is 2.98. The van der Waals surface area contributed by atoms with Gasteiger partial charge in [-0.2, -0.15) is 4.98 Å². The molecule has 0 aliphatic heterocycles. The van der Waals surface area contributed by atoms with Crippen molar-refractivity contribution in [3.8, 4) is 0 Å². The highest BCUT2D eigenvalue weighted by atomic mass is 19.1. The zero-order valence-electron chi connectivity index (χ0n) is 12.4. The van der Waals surface area contributed by atoms with E-state index in [-0.39, 0.29) is 18.1 Å². The van der Waals surface area contributed by atoms with Crippen LogP contribution in [0.25, 0.3) is 0 Å². The van der Waals surface area contributed by atoms with Gasteiger partial charge in [-0.25, -0.2) is 4.39 Å². The summed E-state index contributed by atoms with van der Waals surface area (Å²) in [6, 6.07) is 5.95. The Bertz CT molecular complexity index is 660. The SMILES string of the molecule is Cc1nc(C2(NC(=O)Cc3ccc(F)cc3)CCCC2)no1. The predicted octanol–water partition coefficient (Wildman–Crippen LogP) is 2.65. The maximum Gasteiger partial charge on any atom is 0.225 e. The molecule has 6 heteroatoms. The maximum absolute atomic E-state index is 12.9. The van der Waals surface area contributed by atoms with E-state index in [4.69, 9.17) is 4.52 Å². The molecule has 0 atom stereocenters. The van der Waals surface area contributed by atoms with E-state index < -0.39 is 5.54 Å². The van der Waals surface area contributed by atoms with Crippen molar-refractivity contribution in [3.05, 3.63) is 47.4 Å². The van der Waals surface area contributed by atoms with Crippen LogP contribution >= 0.6 is 0 Å². The third kappa shape index (κ3) is 3.00. The van der Waals surface area contributed by atoms with Gasteiger partial charge < -0.3 is 9.84 Å². The normalized spacial score (nSPS) is 16.6. The van der Waals surface area contributed by atoms with Crippen molar-refractivity contribution in [1.29, 1.82) is 0 Å². The number of hydrogen-bond donors (Lipinski definition) is 1. The number of halogens is 1. The standard InChI is InChI=1S/C16H18FN3O2/c1-11-18-15(20-22-11)16(8-2-3-9-16)19-14(21)10-12-4-6-13(17)7-5-12/h4-7H,2-3,8-10H2,1H3,(H,19,21). The summed E-state index contributed by atoms with van der Waals surface area (Å²) in [6.45, 7) is 1.74. The summed E-state index contributed by atoms with van der Waals surface area (Å²) >= 11 is 0. The first kappa shape index (κ1) is 14.7. The summed E-state index contributed by atoms with van der Waals surface area (Å²) in [6.07, 6.45) is 3.86. The first-order valence-corrected chi connectivity index (χ1v) is 7.44. The number of aromatic nitrogens is 2. The van der Waals surface area contributed by atoms with Gasteiger partial charge in [0.25, 0.3) is 0 Å². The highest BCUT2D eigenvalue weighted by molar-refractivity contribution is 5.79. The van der Waals surface area contributed by atoms with Crippen LogP contribution in [-0.4, -0.2) is 16.0 Å². The second-order valence-electron chi connectivity index (χ2n) is 5.78. The van der Waals surface area contributed by atoms with Crippen molar-refractivity contribution in [2.75, 3.05) is 0 Å². The largest absolute Gasteiger partial charge is 0.343 e. The molecule has 0 bridgehead atoms. The van der Waals surface area contributed by atoms with Crippen molar-refractivity contribution < 1.29 is 13.7 Å². The molecule has 0 spiro atoms. The molecular formula is C16H18FN3O2. The molecule has 2 aromatic rings. The Hall–Kier alpha value is -2.24. The van der Waals surface area contributed by atoms with E-state index in [1.807, 2.05) is 0 Å². The highest BCUT2D eigenvalue weighted by Crippen LogP contribution is 2.37. The van der Waals surface area contributed by atoms with E-state index >= 15 is 0 Å². The van der Waals surface area contributed by atoms with E-state index in [9.17, 15) is 9.18 Å². The molecule has 1 aromatic carbocycles. The van der Waals surface area contributed by atoms with Gasteiger partial charge in [0.2, 0.25) is 11.8 Å². The van der Waals surface area contributed by atoms with Crippen LogP contribution in [-0.2, 0) is 16.8 Å². The molecule has 0 unspecified atom stereocenters. The Kier molecular flexibility index (Phi) is 3.92. The molecule has 1 aliphatic rings. The van der Waals surface area contributed by atoms with Gasteiger partial charge in [0.05, 0.1) is 6.42 Å². The summed E-state index contributed by atoms with van der Waals surface area (Å²) in [5.41, 5.74) is 0.242. The van der Waals surface area contributed by atoms with Crippen molar-refractivity contribution in [3.63, 3.8) is 0 Å². The topological polar surface area (TPSA) is 68.0 Å². The number of rotatable bonds is 4. The Morgan fingerprint density at radius 2 is 2.00 bits per heavy atom. The van der Waals surface area contributed by atoms with Gasteiger partial charge in [-0.1, -0.05) is 30.1 Å². The van der Waals surface area contributed by atoms with Gasteiger partial charge in [0.15, 0.2) is 5.82 Å². The lowest BCUT2D eigenvalue weighted by Gasteiger charge is -2.26. The van der Waals surface area contributed by atoms with Gasteiger partial charge in [-0.15, -0.1) is 0 Å². The second-order valence-corrected chi connectivity index (χ2v) is 5.78. The number of amides is 1. The molecule has 1 aromatic heterocycles. The van der Waals surface area contributed by atoms with Crippen molar-refractivity contribution in [1.82, 2.24) is 15.5 Å². The smallest absolute Gasteiger partial charge is 0.225 e. The Balaban J connectivity index is 1.74. The van der Waals surface area contributed by atoms with Gasteiger partial charge in [0.1, 0.15) is 11.4 Å². The van der Waals surface area contributed by atoms with E-state index in [1.54, 1.807) is 19.1 Å². The van der Waals surface area contributed by atoms with Crippen LogP contribution in [0.5, 0.6) is 0 Å². The minimum Gasteiger partial charge on any atom is -0.343 e. The molecule has 1 heterocycles.